The van der Waals surface area contributed by atoms with Gasteiger partial charge in [-0.05, 0) is 35.1 Å². The Morgan fingerprint density at radius 3 is 2.52 bits per heavy atom. The maximum atomic E-state index is 4.45. The van der Waals surface area contributed by atoms with Crippen LogP contribution in [0.3, 0.4) is 0 Å². The zero-order chi connectivity index (χ0) is 14.7. The Morgan fingerprint density at radius 2 is 1.86 bits per heavy atom. The van der Waals surface area contributed by atoms with Crippen molar-refractivity contribution in [2.75, 3.05) is 24.5 Å². The van der Waals surface area contributed by atoms with Gasteiger partial charge in [0.2, 0.25) is 5.95 Å². The number of hydrogen-bond donors (Lipinski definition) is 0. The molecule has 0 radical (unpaired) electrons. The van der Waals surface area contributed by atoms with Crippen molar-refractivity contribution in [3.63, 3.8) is 0 Å². The Kier molecular flexibility index (Phi) is 4.70. The Morgan fingerprint density at radius 1 is 1.14 bits per heavy atom. The molecule has 1 unspecified atom stereocenters. The van der Waals surface area contributed by atoms with Crippen molar-refractivity contribution in [3.8, 4) is 0 Å². The molecule has 1 fully saturated rings. The van der Waals surface area contributed by atoms with Gasteiger partial charge in [0, 0.05) is 48.2 Å². The topological polar surface area (TPSA) is 32.3 Å². The molecule has 2 aromatic rings. The zero-order valence-electron chi connectivity index (χ0n) is 12.1. The van der Waals surface area contributed by atoms with Crippen molar-refractivity contribution in [2.24, 2.45) is 0 Å². The Hall–Kier alpha value is -1.21. The fourth-order valence-corrected chi connectivity index (χ4v) is 3.05. The van der Waals surface area contributed by atoms with Gasteiger partial charge >= 0.3 is 0 Å². The normalized spacial score (nSPS) is 19.7. The van der Waals surface area contributed by atoms with Crippen LogP contribution in [0.15, 0.2) is 42.7 Å². The van der Waals surface area contributed by atoms with Crippen molar-refractivity contribution in [1.82, 2.24) is 14.9 Å². The van der Waals surface area contributed by atoms with Gasteiger partial charge in [0.15, 0.2) is 0 Å². The van der Waals surface area contributed by atoms with Crippen molar-refractivity contribution >= 4 is 28.5 Å². The van der Waals surface area contributed by atoms with Crippen molar-refractivity contribution < 1.29 is 0 Å². The lowest BCUT2D eigenvalue weighted by Crippen LogP contribution is -2.52. The van der Waals surface area contributed by atoms with Crippen LogP contribution < -0.4 is 4.90 Å². The molecule has 3 rings (SSSR count). The lowest BCUT2D eigenvalue weighted by molar-refractivity contribution is 0.219. The van der Waals surface area contributed by atoms with E-state index in [9.17, 15) is 0 Å². The first-order valence-electron chi connectivity index (χ1n) is 7.23. The first-order valence-corrected chi connectivity index (χ1v) is 8.31. The van der Waals surface area contributed by atoms with Crippen LogP contribution in [0, 0.1) is 3.57 Å². The highest BCUT2D eigenvalue weighted by Gasteiger charge is 2.25. The molecule has 5 heteroatoms. The highest BCUT2D eigenvalue weighted by molar-refractivity contribution is 14.1. The van der Waals surface area contributed by atoms with Crippen molar-refractivity contribution in [3.05, 3.63) is 51.9 Å². The van der Waals surface area contributed by atoms with E-state index < -0.39 is 0 Å². The van der Waals surface area contributed by atoms with Crippen molar-refractivity contribution in [2.45, 2.75) is 19.5 Å². The standard InChI is InChI=1S/C16H19IN4/c1-13-11-20(12-14-5-3-2-4-6-14)7-8-21(13)16-18-9-15(17)10-19-16/h2-6,9-10,13H,7-8,11-12H2,1H3. The molecule has 1 atom stereocenters. The molecular weight excluding hydrogens is 375 g/mol. The Labute approximate surface area is 139 Å². The first kappa shape index (κ1) is 14.7. The molecule has 2 heterocycles. The Balaban J connectivity index is 1.63. The van der Waals surface area contributed by atoms with Gasteiger partial charge in [0.05, 0.1) is 0 Å². The van der Waals surface area contributed by atoms with Crippen LogP contribution in [0.2, 0.25) is 0 Å². The predicted molar refractivity (Wildman–Crippen MR) is 93.3 cm³/mol. The van der Waals surface area contributed by atoms with Gasteiger partial charge < -0.3 is 4.90 Å². The van der Waals surface area contributed by atoms with E-state index in [0.717, 1.165) is 35.7 Å². The van der Waals surface area contributed by atoms with Gasteiger partial charge in [-0.3, -0.25) is 4.90 Å². The summed E-state index contributed by atoms with van der Waals surface area (Å²) >= 11 is 2.24. The fourth-order valence-electron chi connectivity index (χ4n) is 2.77. The average Bonchev–Trinajstić information content (AvgIpc) is 2.50. The van der Waals surface area contributed by atoms with Gasteiger partial charge in [-0.25, -0.2) is 9.97 Å². The van der Waals surface area contributed by atoms with E-state index in [-0.39, 0.29) is 0 Å². The fraction of sp³-hybridized carbons (Fsp3) is 0.375. The first-order chi connectivity index (χ1) is 10.2. The molecule has 0 amide bonds. The third-order valence-electron chi connectivity index (χ3n) is 3.82. The maximum Gasteiger partial charge on any atom is 0.225 e. The van der Waals surface area contributed by atoms with E-state index in [4.69, 9.17) is 0 Å². The number of aromatic nitrogens is 2. The van der Waals surface area contributed by atoms with Crippen LogP contribution in [0.4, 0.5) is 5.95 Å². The second-order valence-electron chi connectivity index (χ2n) is 5.46. The predicted octanol–water partition coefficient (Wildman–Crippen LogP) is 2.79. The zero-order valence-corrected chi connectivity index (χ0v) is 14.3. The third-order valence-corrected chi connectivity index (χ3v) is 4.38. The maximum absolute atomic E-state index is 4.45. The lowest BCUT2D eigenvalue weighted by atomic mass is 10.1. The molecule has 1 saturated heterocycles. The summed E-state index contributed by atoms with van der Waals surface area (Å²) in [5, 5.41) is 0. The number of anilines is 1. The summed E-state index contributed by atoms with van der Waals surface area (Å²) in [6.45, 7) is 6.35. The molecule has 21 heavy (non-hydrogen) atoms. The van der Waals surface area contributed by atoms with Crippen LogP contribution in [0.25, 0.3) is 0 Å². The van der Waals surface area contributed by atoms with Gasteiger partial charge in [0.25, 0.3) is 0 Å². The summed E-state index contributed by atoms with van der Waals surface area (Å²) in [6, 6.07) is 11.1. The van der Waals surface area contributed by atoms with E-state index in [1.54, 1.807) is 0 Å². The molecule has 0 spiro atoms. The minimum absolute atomic E-state index is 0.433. The summed E-state index contributed by atoms with van der Waals surface area (Å²) < 4.78 is 1.08. The number of hydrogen-bond acceptors (Lipinski definition) is 4. The third kappa shape index (κ3) is 3.71. The molecular formula is C16H19IN4. The summed E-state index contributed by atoms with van der Waals surface area (Å²) in [5.74, 6) is 0.849. The molecule has 1 aliphatic heterocycles. The smallest absolute Gasteiger partial charge is 0.225 e. The molecule has 0 aliphatic carbocycles. The molecule has 0 bridgehead atoms. The van der Waals surface area contributed by atoms with Crippen LogP contribution in [0.5, 0.6) is 0 Å². The molecule has 110 valence electrons. The van der Waals surface area contributed by atoms with Crippen LogP contribution in [-0.2, 0) is 6.54 Å². The minimum Gasteiger partial charge on any atom is -0.336 e. The van der Waals surface area contributed by atoms with Crippen molar-refractivity contribution in [1.29, 1.82) is 0 Å². The summed E-state index contributed by atoms with van der Waals surface area (Å²) in [6.07, 6.45) is 3.76. The molecule has 4 nitrogen and oxygen atoms in total. The minimum atomic E-state index is 0.433. The highest BCUT2D eigenvalue weighted by atomic mass is 127. The largest absolute Gasteiger partial charge is 0.336 e. The lowest BCUT2D eigenvalue weighted by Gasteiger charge is -2.39. The van der Waals surface area contributed by atoms with E-state index in [0.29, 0.717) is 6.04 Å². The summed E-state index contributed by atoms with van der Waals surface area (Å²) in [7, 11) is 0. The molecule has 0 N–H and O–H groups in total. The van der Waals surface area contributed by atoms with Crippen LogP contribution in [-0.4, -0.2) is 40.5 Å². The van der Waals surface area contributed by atoms with E-state index in [1.807, 2.05) is 12.4 Å². The number of halogens is 1. The SMILES string of the molecule is CC1CN(Cc2ccccc2)CCN1c1ncc(I)cn1. The number of benzene rings is 1. The Bertz CT molecular complexity index is 573. The number of rotatable bonds is 3. The van der Waals surface area contributed by atoms with Gasteiger partial charge in [-0.1, -0.05) is 30.3 Å². The molecule has 1 aromatic heterocycles. The van der Waals surface area contributed by atoms with Gasteiger partial charge in [-0.15, -0.1) is 0 Å². The van der Waals surface area contributed by atoms with Crippen LogP contribution in [0.1, 0.15) is 12.5 Å². The van der Waals surface area contributed by atoms with E-state index in [1.165, 1.54) is 5.56 Å². The number of nitrogens with zero attached hydrogens (tertiary/aromatic N) is 4. The van der Waals surface area contributed by atoms with Crippen LogP contribution >= 0.6 is 22.6 Å². The quantitative estimate of drug-likeness (QED) is 0.750. The number of piperazine rings is 1. The van der Waals surface area contributed by atoms with Gasteiger partial charge in [0.1, 0.15) is 0 Å². The summed E-state index contributed by atoms with van der Waals surface area (Å²) in [5.41, 5.74) is 1.38. The van der Waals surface area contributed by atoms with E-state index >= 15 is 0 Å². The average molecular weight is 394 g/mol. The summed E-state index contributed by atoms with van der Waals surface area (Å²) in [4.78, 5) is 13.7. The van der Waals surface area contributed by atoms with Gasteiger partial charge in [-0.2, -0.15) is 0 Å². The molecule has 0 saturated carbocycles. The second-order valence-corrected chi connectivity index (χ2v) is 6.71. The molecule has 1 aliphatic rings. The highest BCUT2D eigenvalue weighted by Crippen LogP contribution is 2.18. The van der Waals surface area contributed by atoms with E-state index in [2.05, 4.69) is 79.6 Å². The monoisotopic (exact) mass is 394 g/mol. The second kappa shape index (κ2) is 6.70. The molecule has 1 aromatic carbocycles.